The topological polar surface area (TPSA) is 44.8 Å². The van der Waals surface area contributed by atoms with E-state index in [9.17, 15) is 4.79 Å². The van der Waals surface area contributed by atoms with Crippen molar-refractivity contribution in [1.82, 2.24) is 0 Å². The molecule has 164 valence electrons. The van der Waals surface area contributed by atoms with Crippen LogP contribution in [0.5, 0.6) is 17.2 Å². The lowest BCUT2D eigenvalue weighted by Crippen LogP contribution is -2.00. The fourth-order valence-electron chi connectivity index (χ4n) is 3.62. The van der Waals surface area contributed by atoms with Crippen LogP contribution < -0.4 is 14.2 Å². The summed E-state index contributed by atoms with van der Waals surface area (Å²) >= 11 is 0. The largest absolute Gasteiger partial charge is 0.497 e. The number of rotatable bonds is 15. The number of carbonyl (C=O) groups excluding carboxylic acids is 1. The zero-order valence-electron chi connectivity index (χ0n) is 18.7. The van der Waals surface area contributed by atoms with E-state index in [1.54, 1.807) is 33.5 Å². The Kier molecular flexibility index (Phi) is 10.8. The van der Waals surface area contributed by atoms with Crippen molar-refractivity contribution < 1.29 is 19.0 Å². The molecule has 0 spiro atoms. The van der Waals surface area contributed by atoms with Gasteiger partial charge in [0.05, 0.1) is 21.3 Å². The average Bonchev–Trinajstić information content (AvgIpc) is 2.79. The minimum absolute atomic E-state index is 0.175. The molecule has 4 nitrogen and oxygen atoms in total. The fraction of sp³-hybridized carbons (Fsp3) is 0.500. The summed E-state index contributed by atoms with van der Waals surface area (Å²) in [5.74, 6) is 2.35. The van der Waals surface area contributed by atoms with E-state index >= 15 is 0 Å². The Morgan fingerprint density at radius 2 is 1.27 bits per heavy atom. The van der Waals surface area contributed by atoms with Crippen LogP contribution in [-0.2, 0) is 6.42 Å². The van der Waals surface area contributed by atoms with Crippen molar-refractivity contribution in [3.63, 3.8) is 0 Å². The third-order valence-corrected chi connectivity index (χ3v) is 5.48. The first-order valence-electron chi connectivity index (χ1n) is 11.1. The minimum atomic E-state index is 0.175. The van der Waals surface area contributed by atoms with Crippen LogP contribution >= 0.6 is 0 Å². The van der Waals surface area contributed by atoms with Gasteiger partial charge in [0.1, 0.15) is 5.75 Å². The molecule has 0 heterocycles. The maximum Gasteiger partial charge on any atom is 0.163 e. The Balaban J connectivity index is 1.50. The SMILES string of the molecule is COc1ccc(CCCCCCCCCCC(=O)c2ccc(OC)c(OC)c2)cc1. The normalized spacial score (nSPS) is 10.6. The van der Waals surface area contributed by atoms with Crippen LogP contribution in [0.15, 0.2) is 42.5 Å². The highest BCUT2D eigenvalue weighted by Crippen LogP contribution is 2.28. The summed E-state index contributed by atoms with van der Waals surface area (Å²) in [6.07, 6.45) is 11.4. The van der Waals surface area contributed by atoms with Gasteiger partial charge in [0.15, 0.2) is 17.3 Å². The van der Waals surface area contributed by atoms with Crippen LogP contribution in [0.2, 0.25) is 0 Å². The summed E-state index contributed by atoms with van der Waals surface area (Å²) in [4.78, 5) is 12.4. The maximum absolute atomic E-state index is 12.4. The van der Waals surface area contributed by atoms with Crippen molar-refractivity contribution in [3.05, 3.63) is 53.6 Å². The van der Waals surface area contributed by atoms with Crippen LogP contribution in [0, 0.1) is 0 Å². The predicted octanol–water partition coefficient (Wildman–Crippen LogP) is 6.65. The highest BCUT2D eigenvalue weighted by atomic mass is 16.5. The summed E-state index contributed by atoms with van der Waals surface area (Å²) in [6.45, 7) is 0. The predicted molar refractivity (Wildman–Crippen MR) is 122 cm³/mol. The van der Waals surface area contributed by atoms with Gasteiger partial charge in [-0.25, -0.2) is 0 Å². The second-order valence-corrected chi connectivity index (χ2v) is 7.67. The number of unbranched alkanes of at least 4 members (excludes halogenated alkanes) is 7. The standard InChI is InChI=1S/C26H36O4/c1-28-23-17-14-21(15-18-23)12-10-8-6-4-5-7-9-11-13-24(27)22-16-19-25(29-2)26(20-22)30-3/h14-20H,4-13H2,1-3H3. The minimum Gasteiger partial charge on any atom is -0.497 e. The van der Waals surface area contributed by atoms with Gasteiger partial charge in [0.25, 0.3) is 0 Å². The summed E-state index contributed by atoms with van der Waals surface area (Å²) in [7, 11) is 4.89. The molecule has 0 unspecified atom stereocenters. The Morgan fingerprint density at radius 3 is 1.87 bits per heavy atom. The van der Waals surface area contributed by atoms with Gasteiger partial charge >= 0.3 is 0 Å². The van der Waals surface area contributed by atoms with Crippen LogP contribution in [-0.4, -0.2) is 27.1 Å². The van der Waals surface area contributed by atoms with Crippen molar-refractivity contribution in [1.29, 1.82) is 0 Å². The summed E-state index contributed by atoms with van der Waals surface area (Å²) in [6, 6.07) is 13.8. The van der Waals surface area contributed by atoms with Crippen LogP contribution in [0.4, 0.5) is 0 Å². The first-order valence-corrected chi connectivity index (χ1v) is 11.1. The molecule has 0 aliphatic carbocycles. The third-order valence-electron chi connectivity index (χ3n) is 5.48. The first-order chi connectivity index (χ1) is 14.7. The van der Waals surface area contributed by atoms with Crippen molar-refractivity contribution in [2.24, 2.45) is 0 Å². The number of aryl methyl sites for hydroxylation is 1. The van der Waals surface area contributed by atoms with Gasteiger partial charge < -0.3 is 14.2 Å². The Hall–Kier alpha value is -2.49. The summed E-state index contributed by atoms with van der Waals surface area (Å²) in [5.41, 5.74) is 2.08. The summed E-state index contributed by atoms with van der Waals surface area (Å²) < 4.78 is 15.7. The van der Waals surface area contributed by atoms with Gasteiger partial charge in [-0.05, 0) is 55.2 Å². The molecule has 0 aliphatic rings. The van der Waals surface area contributed by atoms with Crippen LogP contribution in [0.3, 0.4) is 0 Å². The van der Waals surface area contributed by atoms with E-state index in [1.165, 1.54) is 44.1 Å². The molecule has 0 radical (unpaired) electrons. The summed E-state index contributed by atoms with van der Waals surface area (Å²) in [5, 5.41) is 0. The molecule has 0 aliphatic heterocycles. The molecule has 0 N–H and O–H groups in total. The molecule has 2 aromatic rings. The second kappa shape index (κ2) is 13.7. The van der Waals surface area contributed by atoms with Gasteiger partial charge in [0.2, 0.25) is 0 Å². The van der Waals surface area contributed by atoms with Gasteiger partial charge in [-0.1, -0.05) is 50.7 Å². The highest BCUT2D eigenvalue weighted by molar-refractivity contribution is 5.96. The molecular formula is C26H36O4. The first kappa shape index (κ1) is 23.8. The van der Waals surface area contributed by atoms with Crippen LogP contribution in [0.1, 0.15) is 73.7 Å². The lowest BCUT2D eigenvalue weighted by Gasteiger charge is -2.09. The smallest absolute Gasteiger partial charge is 0.163 e. The van der Waals surface area contributed by atoms with E-state index in [0.29, 0.717) is 23.5 Å². The van der Waals surface area contributed by atoms with Gasteiger partial charge in [0, 0.05) is 12.0 Å². The molecule has 4 heteroatoms. The number of ether oxygens (including phenoxy) is 3. The highest BCUT2D eigenvalue weighted by Gasteiger charge is 2.10. The number of Topliss-reactive ketones (excluding diaryl/α,β-unsaturated/α-hetero) is 1. The molecule has 0 saturated heterocycles. The Labute approximate surface area is 181 Å². The molecule has 30 heavy (non-hydrogen) atoms. The maximum atomic E-state index is 12.4. The zero-order valence-corrected chi connectivity index (χ0v) is 18.7. The molecule has 2 rings (SSSR count). The number of ketones is 1. The lowest BCUT2D eigenvalue weighted by atomic mass is 10.0. The lowest BCUT2D eigenvalue weighted by molar-refractivity contribution is 0.0978. The van der Waals surface area contributed by atoms with Crippen molar-refractivity contribution in [2.75, 3.05) is 21.3 Å². The Bertz CT molecular complexity index is 752. The molecule has 2 aromatic carbocycles. The Morgan fingerprint density at radius 1 is 0.667 bits per heavy atom. The molecular weight excluding hydrogens is 376 g/mol. The molecule has 0 saturated carbocycles. The second-order valence-electron chi connectivity index (χ2n) is 7.67. The van der Waals surface area contributed by atoms with E-state index in [4.69, 9.17) is 14.2 Å². The van der Waals surface area contributed by atoms with E-state index in [0.717, 1.165) is 25.0 Å². The van der Waals surface area contributed by atoms with E-state index in [-0.39, 0.29) is 5.78 Å². The van der Waals surface area contributed by atoms with Crippen molar-refractivity contribution >= 4 is 5.78 Å². The van der Waals surface area contributed by atoms with Crippen LogP contribution in [0.25, 0.3) is 0 Å². The molecule has 0 atom stereocenters. The van der Waals surface area contributed by atoms with Gasteiger partial charge in [-0.15, -0.1) is 0 Å². The number of hydrogen-bond acceptors (Lipinski definition) is 4. The molecule has 0 amide bonds. The fourth-order valence-corrected chi connectivity index (χ4v) is 3.62. The molecule has 0 fully saturated rings. The van der Waals surface area contributed by atoms with E-state index < -0.39 is 0 Å². The number of hydrogen-bond donors (Lipinski definition) is 0. The molecule has 0 aromatic heterocycles. The number of benzene rings is 2. The number of carbonyl (C=O) groups is 1. The third kappa shape index (κ3) is 8.10. The van der Waals surface area contributed by atoms with Gasteiger partial charge in [-0.3, -0.25) is 4.79 Å². The number of methoxy groups -OCH3 is 3. The monoisotopic (exact) mass is 412 g/mol. The quantitative estimate of drug-likeness (QED) is 0.243. The molecule has 0 bridgehead atoms. The zero-order chi connectivity index (χ0) is 21.6. The van der Waals surface area contributed by atoms with Crippen molar-refractivity contribution in [3.8, 4) is 17.2 Å². The average molecular weight is 413 g/mol. The van der Waals surface area contributed by atoms with E-state index in [2.05, 4.69) is 12.1 Å². The van der Waals surface area contributed by atoms with Crippen molar-refractivity contribution in [2.45, 2.75) is 64.2 Å². The van der Waals surface area contributed by atoms with E-state index in [1.807, 2.05) is 18.2 Å². The van der Waals surface area contributed by atoms with Gasteiger partial charge in [-0.2, -0.15) is 0 Å².